The van der Waals surface area contributed by atoms with Crippen molar-refractivity contribution in [3.05, 3.63) is 0 Å². The van der Waals surface area contributed by atoms with E-state index in [4.69, 9.17) is 4.74 Å². The van der Waals surface area contributed by atoms with Crippen LogP contribution in [-0.2, 0) is 19.1 Å². The Balaban J connectivity index is 3.06. The molecule has 0 aliphatic carbocycles. The fourth-order valence-corrected chi connectivity index (χ4v) is 5.77. The van der Waals surface area contributed by atoms with Crippen LogP contribution >= 0.6 is 0 Å². The lowest BCUT2D eigenvalue weighted by molar-refractivity contribution is -0.149. The zero-order valence-electron chi connectivity index (χ0n) is 26.6. The van der Waals surface area contributed by atoms with E-state index in [1.54, 1.807) is 6.92 Å². The molecule has 1 aliphatic heterocycles. The number of carbonyl (C=O) groups is 3. The molecule has 0 saturated carbocycles. The predicted molar refractivity (Wildman–Crippen MR) is 152 cm³/mol. The Morgan fingerprint density at radius 3 is 1.86 bits per heavy atom. The van der Waals surface area contributed by atoms with Crippen LogP contribution in [0.4, 0.5) is 0 Å². The molecule has 3 unspecified atom stereocenters. The van der Waals surface area contributed by atoms with E-state index in [0.717, 1.165) is 25.7 Å². The molecule has 1 N–H and O–H groups in total. The molecular formula is C31H58N2O4. The molecule has 0 aromatic carbocycles. The number of ether oxygens (including phenoxy) is 1. The largest absolute Gasteiger partial charge is 0.375 e. The van der Waals surface area contributed by atoms with Gasteiger partial charge in [-0.1, -0.05) is 62.3 Å². The smallest absolute Gasteiger partial charge is 0.233 e. The van der Waals surface area contributed by atoms with E-state index in [1.807, 2.05) is 27.7 Å². The molecule has 3 amide bonds. The van der Waals surface area contributed by atoms with Gasteiger partial charge in [-0.3, -0.25) is 19.3 Å². The Bertz CT molecular complexity index is 839. The van der Waals surface area contributed by atoms with Crippen molar-refractivity contribution in [2.45, 2.75) is 152 Å². The minimum atomic E-state index is -0.770. The van der Waals surface area contributed by atoms with Gasteiger partial charge in [-0.25, -0.2) is 0 Å². The first-order valence-corrected chi connectivity index (χ1v) is 14.3. The Morgan fingerprint density at radius 1 is 0.919 bits per heavy atom. The Labute approximate surface area is 228 Å². The van der Waals surface area contributed by atoms with Crippen LogP contribution in [0.5, 0.6) is 0 Å². The van der Waals surface area contributed by atoms with Crippen LogP contribution in [-0.4, -0.2) is 45.9 Å². The normalized spacial score (nSPS) is 21.1. The molecule has 1 aliphatic rings. The summed E-state index contributed by atoms with van der Waals surface area (Å²) < 4.78 is 6.49. The summed E-state index contributed by atoms with van der Waals surface area (Å²) in [6, 6.07) is 0. The zero-order chi connectivity index (χ0) is 29.3. The number of nitrogens with zero attached hydrogens (tertiary/aromatic N) is 1. The molecule has 0 bridgehead atoms. The average molecular weight is 523 g/mol. The maximum absolute atomic E-state index is 13.7. The highest BCUT2D eigenvalue weighted by Crippen LogP contribution is 2.45. The summed E-state index contributed by atoms with van der Waals surface area (Å²) >= 11 is 0. The summed E-state index contributed by atoms with van der Waals surface area (Å²) in [6.45, 7) is 29.8. The molecule has 0 radical (unpaired) electrons. The summed E-state index contributed by atoms with van der Waals surface area (Å²) in [6.07, 6.45) is 4.11. The average Bonchev–Trinajstić information content (AvgIpc) is 2.97. The van der Waals surface area contributed by atoms with Crippen LogP contribution in [0.2, 0.25) is 0 Å². The summed E-state index contributed by atoms with van der Waals surface area (Å²) in [5.74, 6) is -0.642. The minimum absolute atomic E-state index is 0.0537. The molecular weight excluding hydrogens is 464 g/mol. The van der Waals surface area contributed by atoms with Crippen LogP contribution in [0, 0.1) is 22.2 Å². The lowest BCUT2D eigenvalue weighted by Crippen LogP contribution is -2.58. The number of likely N-dealkylation sites (tertiary alicyclic amines) is 1. The molecule has 1 saturated heterocycles. The van der Waals surface area contributed by atoms with E-state index < -0.39 is 16.5 Å². The first kappa shape index (κ1) is 33.6. The highest BCUT2D eigenvalue weighted by molar-refractivity contribution is 6.04. The van der Waals surface area contributed by atoms with Gasteiger partial charge in [0.05, 0.1) is 5.60 Å². The lowest BCUT2D eigenvalue weighted by Gasteiger charge is -2.49. The molecule has 6 nitrogen and oxygen atoms in total. The predicted octanol–water partition coefficient (Wildman–Crippen LogP) is 6.90. The third-order valence-corrected chi connectivity index (χ3v) is 8.99. The minimum Gasteiger partial charge on any atom is -0.375 e. The van der Waals surface area contributed by atoms with Gasteiger partial charge in [-0.2, -0.15) is 0 Å². The standard InChI is InChI=1S/C31H58N2O4/c1-15-30(13,29(11,12)37-18-17-26(4,5)6)21-31(14,16-2)32-25(36)27(7,8)20-28(9,10)33-23(34)19-22(3)24(33)35/h22H,15-21H2,1-14H3,(H,32,36). The third kappa shape index (κ3) is 8.28. The molecule has 1 fully saturated rings. The molecule has 0 spiro atoms. The molecule has 6 heteroatoms. The highest BCUT2D eigenvalue weighted by Gasteiger charge is 2.49. The van der Waals surface area contributed by atoms with Crippen molar-refractivity contribution in [3.8, 4) is 0 Å². The van der Waals surface area contributed by atoms with Crippen molar-refractivity contribution in [2.75, 3.05) is 6.61 Å². The van der Waals surface area contributed by atoms with Gasteiger partial charge in [0.1, 0.15) is 0 Å². The van der Waals surface area contributed by atoms with E-state index >= 15 is 0 Å². The van der Waals surface area contributed by atoms with Gasteiger partial charge < -0.3 is 10.1 Å². The van der Waals surface area contributed by atoms with Crippen molar-refractivity contribution < 1.29 is 19.1 Å². The number of hydrogen-bond donors (Lipinski definition) is 1. The van der Waals surface area contributed by atoms with E-state index in [0.29, 0.717) is 13.0 Å². The van der Waals surface area contributed by atoms with E-state index in [9.17, 15) is 14.4 Å². The van der Waals surface area contributed by atoms with Gasteiger partial charge in [0.15, 0.2) is 0 Å². The van der Waals surface area contributed by atoms with Gasteiger partial charge in [0.25, 0.3) is 0 Å². The second kappa shape index (κ2) is 11.4. The van der Waals surface area contributed by atoms with Gasteiger partial charge in [-0.15, -0.1) is 0 Å². The number of imide groups is 1. The monoisotopic (exact) mass is 522 g/mol. The van der Waals surface area contributed by atoms with Gasteiger partial charge in [0.2, 0.25) is 17.7 Å². The van der Waals surface area contributed by atoms with Crippen molar-refractivity contribution in [1.82, 2.24) is 10.2 Å². The van der Waals surface area contributed by atoms with Gasteiger partial charge >= 0.3 is 0 Å². The van der Waals surface area contributed by atoms with Crippen LogP contribution in [0.25, 0.3) is 0 Å². The molecule has 216 valence electrons. The Hall–Kier alpha value is -1.43. The molecule has 0 aromatic heterocycles. The number of nitrogens with one attached hydrogen (secondary N) is 1. The third-order valence-electron chi connectivity index (χ3n) is 8.99. The molecule has 0 aromatic rings. The second-order valence-electron chi connectivity index (χ2n) is 15.2. The number of hydrogen-bond acceptors (Lipinski definition) is 4. The van der Waals surface area contributed by atoms with E-state index in [-0.39, 0.29) is 46.5 Å². The van der Waals surface area contributed by atoms with Crippen molar-refractivity contribution >= 4 is 17.7 Å². The van der Waals surface area contributed by atoms with Gasteiger partial charge in [0, 0.05) is 35.4 Å². The van der Waals surface area contributed by atoms with E-state index in [2.05, 4.69) is 67.6 Å². The summed E-state index contributed by atoms with van der Waals surface area (Å²) in [7, 11) is 0. The summed E-state index contributed by atoms with van der Waals surface area (Å²) in [4.78, 5) is 40.4. The second-order valence-corrected chi connectivity index (χ2v) is 15.2. The molecule has 37 heavy (non-hydrogen) atoms. The van der Waals surface area contributed by atoms with Crippen LogP contribution < -0.4 is 5.32 Å². The number of rotatable bonds is 13. The summed E-state index contributed by atoms with van der Waals surface area (Å²) in [5.41, 5.74) is -2.25. The molecule has 1 rings (SSSR count). The van der Waals surface area contributed by atoms with Crippen LogP contribution in [0.3, 0.4) is 0 Å². The van der Waals surface area contributed by atoms with E-state index in [1.165, 1.54) is 4.90 Å². The van der Waals surface area contributed by atoms with Gasteiger partial charge in [-0.05, 0) is 77.6 Å². The van der Waals surface area contributed by atoms with Crippen LogP contribution in [0.1, 0.15) is 135 Å². The highest BCUT2D eigenvalue weighted by atomic mass is 16.5. The van der Waals surface area contributed by atoms with Crippen molar-refractivity contribution in [1.29, 1.82) is 0 Å². The quantitative estimate of drug-likeness (QED) is 0.267. The fourth-order valence-electron chi connectivity index (χ4n) is 5.77. The Morgan fingerprint density at radius 2 is 1.46 bits per heavy atom. The molecule has 1 heterocycles. The lowest BCUT2D eigenvalue weighted by atomic mass is 9.65. The number of amides is 3. The van der Waals surface area contributed by atoms with Crippen molar-refractivity contribution in [3.63, 3.8) is 0 Å². The fraction of sp³-hybridized carbons (Fsp3) is 0.903. The SMILES string of the molecule is CCC(C)(CC(C)(CC)C(C)(C)OCCC(C)(C)C)NC(=O)C(C)(C)CC(C)(C)N1C(=O)CC(C)C1=O. The maximum atomic E-state index is 13.7. The maximum Gasteiger partial charge on any atom is 0.233 e. The first-order chi connectivity index (χ1) is 16.5. The molecule has 3 atom stereocenters. The zero-order valence-corrected chi connectivity index (χ0v) is 26.6. The topological polar surface area (TPSA) is 75.7 Å². The number of carbonyl (C=O) groups excluding carboxylic acids is 3. The summed E-state index contributed by atoms with van der Waals surface area (Å²) in [5, 5.41) is 3.39. The first-order valence-electron chi connectivity index (χ1n) is 14.3. The van der Waals surface area contributed by atoms with Crippen LogP contribution in [0.15, 0.2) is 0 Å². The van der Waals surface area contributed by atoms with Crippen molar-refractivity contribution in [2.24, 2.45) is 22.2 Å². The Kier molecular flexibility index (Phi) is 10.3.